The van der Waals surface area contributed by atoms with E-state index in [1.807, 2.05) is 4.68 Å². The van der Waals surface area contributed by atoms with Gasteiger partial charge in [-0.1, -0.05) is 6.92 Å². The minimum Gasteiger partial charge on any atom is -0.372 e. The zero-order valence-corrected chi connectivity index (χ0v) is 10.9. The molecule has 1 atom stereocenters. The first-order valence-corrected chi connectivity index (χ1v) is 6.66. The molecule has 1 unspecified atom stereocenters. The van der Waals surface area contributed by atoms with Crippen molar-refractivity contribution in [1.82, 2.24) is 15.1 Å². The summed E-state index contributed by atoms with van der Waals surface area (Å²) in [5, 5.41) is 7.88. The molecule has 0 aromatic carbocycles. The van der Waals surface area contributed by atoms with E-state index in [9.17, 15) is 0 Å². The summed E-state index contributed by atoms with van der Waals surface area (Å²) < 4.78 is 7.91. The Bertz CT molecular complexity index is 331. The van der Waals surface area contributed by atoms with Gasteiger partial charge in [0.25, 0.3) is 0 Å². The Kier molecular flexibility index (Phi) is 4.57. The van der Waals surface area contributed by atoms with E-state index in [2.05, 4.69) is 36.5 Å². The van der Waals surface area contributed by atoms with Gasteiger partial charge in [0.15, 0.2) is 0 Å². The summed E-state index contributed by atoms with van der Waals surface area (Å²) >= 11 is 0. The molecule has 2 rings (SSSR count). The number of piperidine rings is 1. The highest BCUT2D eigenvalue weighted by atomic mass is 16.5. The largest absolute Gasteiger partial charge is 0.372 e. The quantitative estimate of drug-likeness (QED) is 0.852. The monoisotopic (exact) mass is 237 g/mol. The normalized spacial score (nSPS) is 19.4. The van der Waals surface area contributed by atoms with Crippen LogP contribution < -0.4 is 5.32 Å². The maximum atomic E-state index is 5.88. The molecule has 1 aliphatic rings. The number of aromatic nitrogens is 2. The predicted octanol–water partition coefficient (Wildman–Crippen LogP) is 2.12. The minimum absolute atomic E-state index is 0.407. The van der Waals surface area contributed by atoms with Crippen molar-refractivity contribution in [2.24, 2.45) is 0 Å². The van der Waals surface area contributed by atoms with Gasteiger partial charge in [-0.2, -0.15) is 5.10 Å². The molecular formula is C13H23N3O. The first-order chi connectivity index (χ1) is 8.29. The maximum absolute atomic E-state index is 5.88. The first-order valence-electron chi connectivity index (χ1n) is 6.66. The smallest absolute Gasteiger partial charge is 0.0910 e. The van der Waals surface area contributed by atoms with Gasteiger partial charge >= 0.3 is 0 Å². The number of hydrogen-bond acceptors (Lipinski definition) is 3. The molecule has 0 radical (unpaired) electrons. The molecule has 4 nitrogen and oxygen atoms in total. The van der Waals surface area contributed by atoms with Gasteiger partial charge in [-0.05, 0) is 45.3 Å². The van der Waals surface area contributed by atoms with Crippen LogP contribution in [0.2, 0.25) is 0 Å². The van der Waals surface area contributed by atoms with Gasteiger partial charge in [0, 0.05) is 12.2 Å². The topological polar surface area (TPSA) is 39.1 Å². The van der Waals surface area contributed by atoms with Crippen molar-refractivity contribution in [1.29, 1.82) is 0 Å². The van der Waals surface area contributed by atoms with Gasteiger partial charge in [-0.3, -0.25) is 4.68 Å². The summed E-state index contributed by atoms with van der Waals surface area (Å²) in [5.74, 6) is 0. The number of ether oxygens (including phenoxy) is 1. The molecule has 0 saturated carbocycles. The summed E-state index contributed by atoms with van der Waals surface area (Å²) in [6, 6.07) is 2.54. The van der Waals surface area contributed by atoms with E-state index in [0.29, 0.717) is 18.8 Å². The van der Waals surface area contributed by atoms with E-state index < -0.39 is 0 Å². The van der Waals surface area contributed by atoms with Crippen molar-refractivity contribution < 1.29 is 4.74 Å². The van der Waals surface area contributed by atoms with Gasteiger partial charge in [-0.15, -0.1) is 0 Å². The summed E-state index contributed by atoms with van der Waals surface area (Å²) in [5.41, 5.74) is 1.05. The van der Waals surface area contributed by atoms with E-state index in [4.69, 9.17) is 4.74 Å². The fourth-order valence-corrected chi connectivity index (χ4v) is 2.05. The molecule has 1 aromatic heterocycles. The molecule has 4 heteroatoms. The lowest BCUT2D eigenvalue weighted by Gasteiger charge is -2.22. The Morgan fingerprint density at radius 3 is 3.00 bits per heavy atom. The lowest BCUT2D eigenvalue weighted by molar-refractivity contribution is 0.0193. The summed E-state index contributed by atoms with van der Waals surface area (Å²) in [6.07, 6.45) is 5.80. The van der Waals surface area contributed by atoms with Crippen LogP contribution >= 0.6 is 0 Å². The number of nitrogens with one attached hydrogen (secondary N) is 1. The van der Waals surface area contributed by atoms with E-state index in [1.54, 1.807) is 0 Å². The van der Waals surface area contributed by atoms with Crippen molar-refractivity contribution in [3.63, 3.8) is 0 Å². The Labute approximate surface area is 103 Å². The van der Waals surface area contributed by atoms with Crippen LogP contribution in [0.3, 0.4) is 0 Å². The summed E-state index contributed by atoms with van der Waals surface area (Å²) in [7, 11) is 0. The minimum atomic E-state index is 0.407. The van der Waals surface area contributed by atoms with Crippen LogP contribution in [-0.4, -0.2) is 29.0 Å². The number of nitrogens with zero attached hydrogens (tertiary/aromatic N) is 2. The summed E-state index contributed by atoms with van der Waals surface area (Å²) in [6.45, 7) is 7.16. The van der Waals surface area contributed by atoms with Gasteiger partial charge in [0.2, 0.25) is 0 Å². The molecule has 96 valence electrons. The molecule has 1 aliphatic heterocycles. The maximum Gasteiger partial charge on any atom is 0.0910 e. The zero-order chi connectivity index (χ0) is 12.1. The van der Waals surface area contributed by atoms with E-state index >= 15 is 0 Å². The van der Waals surface area contributed by atoms with Crippen molar-refractivity contribution in [2.75, 3.05) is 13.1 Å². The Balaban J connectivity index is 1.80. The van der Waals surface area contributed by atoms with E-state index in [1.165, 1.54) is 0 Å². The number of rotatable bonds is 5. The molecular weight excluding hydrogens is 214 g/mol. The molecule has 1 fully saturated rings. The Morgan fingerprint density at radius 1 is 1.53 bits per heavy atom. The predicted molar refractivity (Wildman–Crippen MR) is 67.9 cm³/mol. The molecule has 1 N–H and O–H groups in total. The SMILES string of the molecule is CCC(C)n1ccc(COC2CCNCC2)n1. The second-order valence-corrected chi connectivity index (χ2v) is 4.80. The fraction of sp³-hybridized carbons (Fsp3) is 0.769. The van der Waals surface area contributed by atoms with Crippen LogP contribution in [0.4, 0.5) is 0 Å². The molecule has 0 bridgehead atoms. The lowest BCUT2D eigenvalue weighted by atomic mass is 10.1. The highest BCUT2D eigenvalue weighted by molar-refractivity contribution is 4.98. The van der Waals surface area contributed by atoms with Crippen LogP contribution in [-0.2, 0) is 11.3 Å². The van der Waals surface area contributed by atoms with Gasteiger partial charge in [0.05, 0.1) is 18.4 Å². The molecule has 0 aliphatic carbocycles. The fourth-order valence-electron chi connectivity index (χ4n) is 2.05. The number of hydrogen-bond donors (Lipinski definition) is 1. The van der Waals surface area contributed by atoms with Crippen LogP contribution in [0, 0.1) is 0 Å². The molecule has 1 aromatic rings. The van der Waals surface area contributed by atoms with Gasteiger partial charge in [-0.25, -0.2) is 0 Å². The molecule has 17 heavy (non-hydrogen) atoms. The van der Waals surface area contributed by atoms with Crippen LogP contribution in [0.15, 0.2) is 12.3 Å². The van der Waals surface area contributed by atoms with E-state index in [0.717, 1.165) is 38.0 Å². The Morgan fingerprint density at radius 2 is 2.29 bits per heavy atom. The lowest BCUT2D eigenvalue weighted by Crippen LogP contribution is -2.32. The van der Waals surface area contributed by atoms with Crippen molar-refractivity contribution >= 4 is 0 Å². The third-order valence-corrected chi connectivity index (χ3v) is 3.46. The summed E-state index contributed by atoms with van der Waals surface area (Å²) in [4.78, 5) is 0. The third kappa shape index (κ3) is 3.54. The zero-order valence-electron chi connectivity index (χ0n) is 10.9. The standard InChI is InChI=1S/C13H23N3O/c1-3-11(2)16-9-6-12(15-16)10-17-13-4-7-14-8-5-13/h6,9,11,13-14H,3-5,7-8,10H2,1-2H3. The Hall–Kier alpha value is -0.870. The van der Waals surface area contributed by atoms with Gasteiger partial charge in [0.1, 0.15) is 0 Å². The second kappa shape index (κ2) is 6.17. The average Bonchev–Trinajstić information content (AvgIpc) is 2.85. The third-order valence-electron chi connectivity index (χ3n) is 3.46. The van der Waals surface area contributed by atoms with Crippen LogP contribution in [0.25, 0.3) is 0 Å². The van der Waals surface area contributed by atoms with E-state index in [-0.39, 0.29) is 0 Å². The average molecular weight is 237 g/mol. The van der Waals surface area contributed by atoms with Crippen molar-refractivity contribution in [3.05, 3.63) is 18.0 Å². The highest BCUT2D eigenvalue weighted by Crippen LogP contribution is 2.12. The molecule has 1 saturated heterocycles. The molecule has 2 heterocycles. The van der Waals surface area contributed by atoms with Gasteiger partial charge < -0.3 is 10.1 Å². The molecule has 0 amide bonds. The van der Waals surface area contributed by atoms with Crippen LogP contribution in [0.5, 0.6) is 0 Å². The highest BCUT2D eigenvalue weighted by Gasteiger charge is 2.14. The van der Waals surface area contributed by atoms with Crippen LogP contribution in [0.1, 0.15) is 44.8 Å². The van der Waals surface area contributed by atoms with Crippen molar-refractivity contribution in [3.8, 4) is 0 Å². The van der Waals surface area contributed by atoms with Crippen molar-refractivity contribution in [2.45, 2.75) is 51.9 Å². The molecule has 0 spiro atoms. The second-order valence-electron chi connectivity index (χ2n) is 4.80. The first kappa shape index (κ1) is 12.6.